The van der Waals surface area contributed by atoms with E-state index >= 15 is 0 Å². The first-order valence-corrected chi connectivity index (χ1v) is 4.46. The highest BCUT2D eigenvalue weighted by molar-refractivity contribution is 5.53. The third-order valence-corrected chi connectivity index (χ3v) is 1.83. The lowest BCUT2D eigenvalue weighted by molar-refractivity contribution is 0.410. The van der Waals surface area contributed by atoms with Crippen LogP contribution in [0.15, 0.2) is 18.2 Å². The first-order chi connectivity index (χ1) is 5.88. The number of phenolic OH excluding ortho intramolecular Hbond substituents is 1. The Bertz CT molecular complexity index is 299. The lowest BCUT2D eigenvalue weighted by Crippen LogP contribution is -2.09. The van der Waals surface area contributed by atoms with Gasteiger partial charge in [-0.15, -0.1) is 0 Å². The summed E-state index contributed by atoms with van der Waals surface area (Å²) < 4.78 is 0. The summed E-state index contributed by atoms with van der Waals surface area (Å²) in [6.07, 6.45) is 0.970. The maximum atomic E-state index is 9.22. The molecule has 0 radical (unpaired) electrons. The van der Waals surface area contributed by atoms with Gasteiger partial charge >= 0.3 is 0 Å². The molecule has 0 bridgehead atoms. The van der Waals surface area contributed by atoms with Crippen LogP contribution in [0.3, 0.4) is 0 Å². The second-order valence-electron chi connectivity index (χ2n) is 4.63. The van der Waals surface area contributed by atoms with Crippen LogP contribution in [0.4, 0.5) is 5.69 Å². The molecule has 0 aliphatic rings. The maximum absolute atomic E-state index is 9.22. The number of anilines is 1. The minimum atomic E-state index is 0.164. The molecule has 0 saturated heterocycles. The lowest BCUT2D eigenvalue weighted by atomic mass is 9.88. The second kappa shape index (κ2) is 3.29. The van der Waals surface area contributed by atoms with Gasteiger partial charge in [0, 0.05) is 0 Å². The molecule has 0 amide bonds. The second-order valence-corrected chi connectivity index (χ2v) is 4.63. The van der Waals surface area contributed by atoms with Crippen LogP contribution in [0.2, 0.25) is 0 Å². The quantitative estimate of drug-likeness (QED) is 0.514. The number of hydrogen-bond donors (Lipinski definition) is 2. The number of rotatable bonds is 1. The minimum Gasteiger partial charge on any atom is -0.506 e. The zero-order valence-electron chi connectivity index (χ0n) is 8.46. The smallest absolute Gasteiger partial charge is 0.138 e. The molecule has 0 heterocycles. The molecule has 1 aromatic rings. The van der Waals surface area contributed by atoms with Crippen molar-refractivity contribution in [2.75, 3.05) is 5.73 Å². The zero-order chi connectivity index (χ0) is 10.1. The van der Waals surface area contributed by atoms with Crippen molar-refractivity contribution in [2.45, 2.75) is 27.2 Å². The molecule has 0 fully saturated rings. The minimum absolute atomic E-state index is 0.164. The van der Waals surface area contributed by atoms with Crippen molar-refractivity contribution in [3.8, 4) is 5.75 Å². The zero-order valence-corrected chi connectivity index (χ0v) is 8.46. The fourth-order valence-electron chi connectivity index (χ4n) is 1.33. The molecule has 3 N–H and O–H groups in total. The SMILES string of the molecule is CC(C)(C)Cc1ccc(O)c(N)c1. The van der Waals surface area contributed by atoms with E-state index in [1.54, 1.807) is 6.07 Å². The van der Waals surface area contributed by atoms with E-state index in [4.69, 9.17) is 5.73 Å². The molecule has 1 aromatic carbocycles. The Hall–Kier alpha value is -1.18. The molecule has 0 atom stereocenters. The molecule has 2 nitrogen and oxygen atoms in total. The normalized spacial score (nSPS) is 11.6. The number of nitrogen functional groups attached to an aromatic ring is 1. The average Bonchev–Trinajstić information content (AvgIpc) is 1.94. The van der Waals surface area contributed by atoms with Crippen molar-refractivity contribution >= 4 is 5.69 Å². The Morgan fingerprint density at radius 3 is 2.38 bits per heavy atom. The first kappa shape index (κ1) is 9.90. The lowest BCUT2D eigenvalue weighted by Gasteiger charge is -2.18. The molecule has 0 aromatic heterocycles. The number of aromatic hydroxyl groups is 1. The summed E-state index contributed by atoms with van der Waals surface area (Å²) >= 11 is 0. The molecule has 0 aliphatic heterocycles. The van der Waals surface area contributed by atoms with Crippen molar-refractivity contribution in [2.24, 2.45) is 5.41 Å². The molecule has 0 spiro atoms. The Balaban J connectivity index is 2.86. The molecule has 1 rings (SSSR count). The van der Waals surface area contributed by atoms with Crippen molar-refractivity contribution in [3.05, 3.63) is 23.8 Å². The Morgan fingerprint density at radius 1 is 1.31 bits per heavy atom. The fourth-order valence-corrected chi connectivity index (χ4v) is 1.33. The monoisotopic (exact) mass is 179 g/mol. The van der Waals surface area contributed by atoms with Gasteiger partial charge in [-0.25, -0.2) is 0 Å². The topological polar surface area (TPSA) is 46.2 Å². The van der Waals surface area contributed by atoms with Gasteiger partial charge in [-0.05, 0) is 29.5 Å². The van der Waals surface area contributed by atoms with Crippen molar-refractivity contribution < 1.29 is 5.11 Å². The van der Waals surface area contributed by atoms with Gasteiger partial charge in [0.05, 0.1) is 5.69 Å². The summed E-state index contributed by atoms with van der Waals surface area (Å²) in [7, 11) is 0. The van der Waals surface area contributed by atoms with E-state index in [-0.39, 0.29) is 11.2 Å². The van der Waals surface area contributed by atoms with Crippen LogP contribution in [-0.2, 0) is 6.42 Å². The summed E-state index contributed by atoms with van der Waals surface area (Å²) in [6, 6.07) is 5.40. The maximum Gasteiger partial charge on any atom is 0.138 e. The van der Waals surface area contributed by atoms with E-state index in [1.165, 1.54) is 5.56 Å². The highest BCUT2D eigenvalue weighted by Crippen LogP contribution is 2.25. The molecule has 13 heavy (non-hydrogen) atoms. The number of benzene rings is 1. The molecule has 72 valence electrons. The van der Waals surface area contributed by atoms with Crippen molar-refractivity contribution in [3.63, 3.8) is 0 Å². The Kier molecular flexibility index (Phi) is 2.50. The van der Waals surface area contributed by atoms with Crippen LogP contribution in [0.5, 0.6) is 5.75 Å². The van der Waals surface area contributed by atoms with E-state index in [1.807, 2.05) is 12.1 Å². The number of nitrogens with two attached hydrogens (primary N) is 1. The molecule has 0 unspecified atom stereocenters. The van der Waals surface area contributed by atoms with Crippen LogP contribution >= 0.6 is 0 Å². The van der Waals surface area contributed by atoms with Gasteiger partial charge in [-0.2, -0.15) is 0 Å². The predicted molar refractivity (Wildman–Crippen MR) is 55.7 cm³/mol. The van der Waals surface area contributed by atoms with Gasteiger partial charge in [0.2, 0.25) is 0 Å². The highest BCUT2D eigenvalue weighted by atomic mass is 16.3. The van der Waals surface area contributed by atoms with Crippen LogP contribution in [0, 0.1) is 5.41 Å². The van der Waals surface area contributed by atoms with E-state index in [0.717, 1.165) is 6.42 Å². The fraction of sp³-hybridized carbons (Fsp3) is 0.455. The average molecular weight is 179 g/mol. The number of phenols is 1. The standard InChI is InChI=1S/C11H17NO/c1-11(2,3)7-8-4-5-10(13)9(12)6-8/h4-6,13H,7,12H2,1-3H3. The Labute approximate surface area is 79.4 Å². The molecular formula is C11H17NO. The van der Waals surface area contributed by atoms with Gasteiger partial charge in [0.1, 0.15) is 5.75 Å². The largest absolute Gasteiger partial charge is 0.506 e. The van der Waals surface area contributed by atoms with Crippen molar-refractivity contribution in [1.29, 1.82) is 0 Å². The van der Waals surface area contributed by atoms with Crippen molar-refractivity contribution in [1.82, 2.24) is 0 Å². The molecular weight excluding hydrogens is 162 g/mol. The van der Waals surface area contributed by atoms with E-state index in [0.29, 0.717) is 5.69 Å². The summed E-state index contributed by atoms with van der Waals surface area (Å²) in [5, 5.41) is 9.22. The Morgan fingerprint density at radius 2 is 1.92 bits per heavy atom. The summed E-state index contributed by atoms with van der Waals surface area (Å²) in [5.41, 5.74) is 7.47. The summed E-state index contributed by atoms with van der Waals surface area (Å²) in [5.74, 6) is 0.164. The van der Waals surface area contributed by atoms with Gasteiger partial charge in [-0.3, -0.25) is 0 Å². The van der Waals surface area contributed by atoms with E-state index in [2.05, 4.69) is 20.8 Å². The first-order valence-electron chi connectivity index (χ1n) is 4.46. The van der Waals surface area contributed by atoms with Gasteiger partial charge in [0.15, 0.2) is 0 Å². The van der Waals surface area contributed by atoms with Crippen LogP contribution in [-0.4, -0.2) is 5.11 Å². The highest BCUT2D eigenvalue weighted by Gasteiger charge is 2.11. The summed E-state index contributed by atoms with van der Waals surface area (Å²) in [6.45, 7) is 6.53. The molecule has 2 heteroatoms. The van der Waals surface area contributed by atoms with Crippen LogP contribution in [0.1, 0.15) is 26.3 Å². The molecule has 0 saturated carbocycles. The van der Waals surface area contributed by atoms with Gasteiger partial charge in [0.25, 0.3) is 0 Å². The van der Waals surface area contributed by atoms with Crippen LogP contribution in [0.25, 0.3) is 0 Å². The molecule has 0 aliphatic carbocycles. The van der Waals surface area contributed by atoms with Gasteiger partial charge in [-0.1, -0.05) is 26.8 Å². The van der Waals surface area contributed by atoms with E-state index < -0.39 is 0 Å². The third kappa shape index (κ3) is 2.98. The third-order valence-electron chi connectivity index (χ3n) is 1.83. The van der Waals surface area contributed by atoms with E-state index in [9.17, 15) is 5.11 Å². The summed E-state index contributed by atoms with van der Waals surface area (Å²) in [4.78, 5) is 0. The van der Waals surface area contributed by atoms with Crippen LogP contribution < -0.4 is 5.73 Å². The van der Waals surface area contributed by atoms with Gasteiger partial charge < -0.3 is 10.8 Å². The predicted octanol–water partition coefficient (Wildman–Crippen LogP) is 2.56. The number of hydrogen-bond acceptors (Lipinski definition) is 2.